The molecular weight excluding hydrogens is 552 g/mol. The second kappa shape index (κ2) is 9.90. The second-order valence-electron chi connectivity index (χ2n) is 13.4. The van der Waals surface area contributed by atoms with Gasteiger partial charge in [0.15, 0.2) is 11.5 Å². The van der Waals surface area contributed by atoms with Crippen LogP contribution in [0.15, 0.2) is 116 Å². The van der Waals surface area contributed by atoms with Gasteiger partial charge in [0.1, 0.15) is 17.7 Å². The monoisotopic (exact) mass is 586 g/mol. The van der Waals surface area contributed by atoms with Crippen molar-refractivity contribution in [1.82, 2.24) is 9.97 Å². The summed E-state index contributed by atoms with van der Waals surface area (Å²) >= 11 is 0. The highest BCUT2D eigenvalue weighted by molar-refractivity contribution is 6.03. The molecule has 0 N–H and O–H groups in total. The lowest BCUT2D eigenvalue weighted by atomic mass is 9.75. The topological polar surface area (TPSA) is 44.2 Å². The lowest BCUT2D eigenvalue weighted by Gasteiger charge is -2.29. The van der Waals surface area contributed by atoms with Gasteiger partial charge in [-0.25, -0.2) is 9.97 Å². The molecule has 4 nitrogen and oxygen atoms in total. The van der Waals surface area contributed by atoms with Crippen molar-refractivity contribution >= 4 is 0 Å². The summed E-state index contributed by atoms with van der Waals surface area (Å²) in [6.45, 7) is 11.0. The molecule has 4 heteroatoms. The molecule has 45 heavy (non-hydrogen) atoms. The van der Waals surface area contributed by atoms with Gasteiger partial charge in [-0.05, 0) is 82.5 Å². The van der Waals surface area contributed by atoms with Gasteiger partial charge in [-0.2, -0.15) is 0 Å². The van der Waals surface area contributed by atoms with E-state index in [0.29, 0.717) is 0 Å². The van der Waals surface area contributed by atoms with E-state index >= 15 is 0 Å². The number of para-hydroxylation sites is 2. The maximum atomic E-state index is 6.81. The molecule has 8 rings (SSSR count). The third kappa shape index (κ3) is 4.35. The Labute approximate surface area is 264 Å². The van der Waals surface area contributed by atoms with E-state index in [2.05, 4.69) is 118 Å². The van der Waals surface area contributed by atoms with Crippen LogP contribution in [0.5, 0.6) is 17.2 Å². The normalized spacial score (nSPS) is 14.0. The number of rotatable bonds is 1. The third-order valence-electron chi connectivity index (χ3n) is 9.04. The summed E-state index contributed by atoms with van der Waals surface area (Å²) in [5, 5.41) is 0. The fraction of sp³-hybridized carbons (Fsp3) is 0.171. The minimum absolute atomic E-state index is 0.173. The highest BCUT2D eigenvalue weighted by Crippen LogP contribution is 2.53. The fourth-order valence-corrected chi connectivity index (χ4v) is 6.91. The van der Waals surface area contributed by atoms with E-state index in [1.807, 2.05) is 30.5 Å². The van der Waals surface area contributed by atoms with E-state index in [9.17, 15) is 0 Å². The summed E-state index contributed by atoms with van der Waals surface area (Å²) < 4.78 is 13.5. The SMILES string of the molecule is CC(C)(C)c1cc2c(cc1-c1cccc3c1Oc1ccccc1C(C)(C)O3)-c1ccccc1-c1ncncc1-c1ccccc1-2. The van der Waals surface area contributed by atoms with Crippen molar-refractivity contribution in [2.75, 3.05) is 0 Å². The van der Waals surface area contributed by atoms with Crippen molar-refractivity contribution in [2.45, 2.75) is 45.6 Å². The van der Waals surface area contributed by atoms with Crippen LogP contribution in [0.1, 0.15) is 45.7 Å². The van der Waals surface area contributed by atoms with Crippen molar-refractivity contribution in [3.8, 4) is 73.0 Å². The van der Waals surface area contributed by atoms with E-state index in [1.165, 1.54) is 11.1 Å². The van der Waals surface area contributed by atoms with E-state index < -0.39 is 5.60 Å². The van der Waals surface area contributed by atoms with Crippen molar-refractivity contribution in [2.24, 2.45) is 0 Å². The van der Waals surface area contributed by atoms with Crippen LogP contribution in [0.3, 0.4) is 0 Å². The molecule has 5 aromatic carbocycles. The van der Waals surface area contributed by atoms with Gasteiger partial charge in [-0.15, -0.1) is 0 Å². The Morgan fingerprint density at radius 2 is 1.18 bits per heavy atom. The standard InChI is InChI=1S/C41H34N2O2/c1-40(2,3)35-22-31-25-13-6-7-14-26(25)33-23-42-24-43-38(33)28-16-9-8-15-27(28)30(31)21-32(35)29-17-12-20-37-39(29)44-36-19-11-10-18-34(36)41(4,5)45-37/h6-24H,1-5H3. The van der Waals surface area contributed by atoms with Crippen molar-refractivity contribution in [3.63, 3.8) is 0 Å². The molecule has 2 aliphatic rings. The Balaban J connectivity index is 1.46. The number of nitrogens with zero attached hydrogens (tertiary/aromatic N) is 2. The summed E-state index contributed by atoms with van der Waals surface area (Å²) in [5.41, 5.74) is 12.5. The lowest BCUT2D eigenvalue weighted by Crippen LogP contribution is -2.24. The molecule has 1 aliphatic carbocycles. The van der Waals surface area contributed by atoms with Gasteiger partial charge in [0.2, 0.25) is 0 Å². The zero-order chi connectivity index (χ0) is 30.9. The average molecular weight is 587 g/mol. The number of hydrogen-bond donors (Lipinski definition) is 0. The lowest BCUT2D eigenvalue weighted by molar-refractivity contribution is 0.111. The molecule has 0 radical (unpaired) electrons. The van der Waals surface area contributed by atoms with Crippen LogP contribution in [-0.2, 0) is 11.0 Å². The number of hydrogen-bond acceptors (Lipinski definition) is 4. The van der Waals surface area contributed by atoms with Crippen LogP contribution in [0.4, 0.5) is 0 Å². The van der Waals surface area contributed by atoms with Gasteiger partial charge in [-0.1, -0.05) is 99.6 Å². The van der Waals surface area contributed by atoms with E-state index in [1.54, 1.807) is 6.33 Å². The summed E-state index contributed by atoms with van der Waals surface area (Å²) in [4.78, 5) is 9.27. The summed E-state index contributed by atoms with van der Waals surface area (Å²) in [5.74, 6) is 2.28. The smallest absolute Gasteiger partial charge is 0.177 e. The Kier molecular flexibility index (Phi) is 6.01. The van der Waals surface area contributed by atoms with Crippen LogP contribution < -0.4 is 9.47 Å². The van der Waals surface area contributed by atoms with Crippen LogP contribution in [0, 0.1) is 0 Å². The van der Waals surface area contributed by atoms with Gasteiger partial charge >= 0.3 is 0 Å². The molecule has 0 fully saturated rings. The Bertz CT molecular complexity index is 2140. The number of aromatic nitrogens is 2. The Morgan fingerprint density at radius 1 is 0.578 bits per heavy atom. The van der Waals surface area contributed by atoms with Crippen molar-refractivity contribution in [1.29, 1.82) is 0 Å². The minimum atomic E-state index is -0.558. The van der Waals surface area contributed by atoms with Gasteiger partial charge in [0.25, 0.3) is 0 Å². The number of benzene rings is 5. The minimum Gasteiger partial charge on any atom is -0.479 e. The Morgan fingerprint density at radius 3 is 1.93 bits per heavy atom. The number of fused-ring (bicyclic) bond motifs is 10. The highest BCUT2D eigenvalue weighted by Gasteiger charge is 2.34. The third-order valence-corrected chi connectivity index (χ3v) is 9.04. The maximum absolute atomic E-state index is 6.81. The molecule has 0 saturated carbocycles. The maximum Gasteiger partial charge on any atom is 0.177 e. The van der Waals surface area contributed by atoms with E-state index in [4.69, 9.17) is 14.5 Å². The molecule has 0 unspecified atom stereocenters. The summed E-state index contributed by atoms with van der Waals surface area (Å²) in [7, 11) is 0. The molecule has 6 aromatic rings. The largest absolute Gasteiger partial charge is 0.479 e. The summed E-state index contributed by atoms with van der Waals surface area (Å²) in [6, 6.07) is 36.4. The first-order valence-electron chi connectivity index (χ1n) is 15.5. The van der Waals surface area contributed by atoms with Crippen molar-refractivity contribution < 1.29 is 9.47 Å². The quantitative estimate of drug-likeness (QED) is 0.192. The molecular formula is C41H34N2O2. The van der Waals surface area contributed by atoms with E-state index in [0.717, 1.165) is 73.0 Å². The number of ether oxygens (including phenoxy) is 2. The molecule has 2 heterocycles. The van der Waals surface area contributed by atoms with Crippen LogP contribution in [0.25, 0.3) is 55.8 Å². The van der Waals surface area contributed by atoms with Gasteiger partial charge < -0.3 is 9.47 Å². The van der Waals surface area contributed by atoms with Gasteiger partial charge in [0, 0.05) is 28.5 Å². The van der Waals surface area contributed by atoms with Crippen LogP contribution in [0.2, 0.25) is 0 Å². The second-order valence-corrected chi connectivity index (χ2v) is 13.4. The first kappa shape index (κ1) is 27.3. The molecule has 0 bridgehead atoms. The van der Waals surface area contributed by atoms with E-state index in [-0.39, 0.29) is 5.41 Å². The predicted octanol–water partition coefficient (Wildman–Crippen LogP) is 10.8. The van der Waals surface area contributed by atoms with Gasteiger partial charge in [-0.3, -0.25) is 0 Å². The molecule has 1 aromatic heterocycles. The first-order valence-corrected chi connectivity index (χ1v) is 15.5. The van der Waals surface area contributed by atoms with Crippen molar-refractivity contribution in [3.05, 3.63) is 127 Å². The molecule has 220 valence electrons. The highest BCUT2D eigenvalue weighted by atomic mass is 16.5. The molecule has 0 saturated heterocycles. The Hall–Kier alpha value is -5.22. The zero-order valence-electron chi connectivity index (χ0n) is 26.2. The molecule has 0 spiro atoms. The zero-order valence-corrected chi connectivity index (χ0v) is 26.2. The first-order chi connectivity index (χ1) is 21.7. The molecule has 0 amide bonds. The summed E-state index contributed by atoms with van der Waals surface area (Å²) in [6.07, 6.45) is 3.59. The predicted molar refractivity (Wildman–Crippen MR) is 182 cm³/mol. The van der Waals surface area contributed by atoms with Crippen LogP contribution in [-0.4, -0.2) is 9.97 Å². The van der Waals surface area contributed by atoms with Crippen LogP contribution >= 0.6 is 0 Å². The molecule has 0 atom stereocenters. The average Bonchev–Trinajstić information content (AvgIpc) is 3.16. The fourth-order valence-electron chi connectivity index (χ4n) is 6.91. The molecule has 1 aliphatic heterocycles. The van der Waals surface area contributed by atoms with Gasteiger partial charge in [0.05, 0.1) is 5.69 Å².